The predicted molar refractivity (Wildman–Crippen MR) is 87.0 cm³/mol. The van der Waals surface area contributed by atoms with Gasteiger partial charge in [-0.3, -0.25) is 9.69 Å². The van der Waals surface area contributed by atoms with Gasteiger partial charge in [-0.1, -0.05) is 33.1 Å². The summed E-state index contributed by atoms with van der Waals surface area (Å²) in [6.45, 7) is 13.2. The summed E-state index contributed by atoms with van der Waals surface area (Å²) in [4.78, 5) is 14.3. The SMILES string of the molecule is C=C.CCCCCC1(N2CCC(C)C2)CCC(=O)CC1. The standard InChI is InChI=1S/C16H29NO.C2H4/c1-3-4-5-9-16(10-6-15(18)7-11-16)17-12-8-14(2)13-17;1-2/h14H,3-13H2,1-2H3;1-2H2. The third kappa shape index (κ3) is 4.44. The van der Waals surface area contributed by atoms with Gasteiger partial charge in [-0.25, -0.2) is 0 Å². The van der Waals surface area contributed by atoms with Crippen molar-refractivity contribution in [2.75, 3.05) is 13.1 Å². The van der Waals surface area contributed by atoms with Crippen LogP contribution in [0.2, 0.25) is 0 Å². The fourth-order valence-electron chi connectivity index (χ4n) is 3.79. The lowest BCUT2D eigenvalue weighted by Gasteiger charge is -2.45. The van der Waals surface area contributed by atoms with Crippen molar-refractivity contribution in [1.29, 1.82) is 0 Å². The van der Waals surface area contributed by atoms with E-state index in [1.165, 1.54) is 45.2 Å². The first-order valence-corrected chi connectivity index (χ1v) is 8.43. The predicted octanol–water partition coefficient (Wildman–Crippen LogP) is 4.59. The number of hydrogen-bond donors (Lipinski definition) is 0. The van der Waals surface area contributed by atoms with E-state index in [0.29, 0.717) is 11.3 Å². The molecule has 1 aliphatic carbocycles. The average Bonchev–Trinajstić information content (AvgIpc) is 2.91. The van der Waals surface area contributed by atoms with Gasteiger partial charge >= 0.3 is 0 Å². The molecule has 0 aromatic rings. The number of rotatable bonds is 5. The van der Waals surface area contributed by atoms with E-state index >= 15 is 0 Å². The van der Waals surface area contributed by atoms with E-state index < -0.39 is 0 Å². The number of hydrogen-bond acceptors (Lipinski definition) is 2. The highest BCUT2D eigenvalue weighted by Gasteiger charge is 2.41. The monoisotopic (exact) mass is 279 g/mol. The Morgan fingerprint density at radius 3 is 2.40 bits per heavy atom. The Morgan fingerprint density at radius 1 is 1.25 bits per heavy atom. The quantitative estimate of drug-likeness (QED) is 0.542. The van der Waals surface area contributed by atoms with Gasteiger partial charge in [-0.05, 0) is 38.1 Å². The average molecular weight is 279 g/mol. The Kier molecular flexibility index (Phi) is 7.50. The molecule has 2 aliphatic rings. The van der Waals surface area contributed by atoms with Crippen LogP contribution in [-0.2, 0) is 4.79 Å². The van der Waals surface area contributed by atoms with Crippen LogP contribution in [0.1, 0.15) is 71.6 Å². The summed E-state index contributed by atoms with van der Waals surface area (Å²) in [6.07, 6.45) is 10.6. The number of unbranched alkanes of at least 4 members (excludes halogenated alkanes) is 2. The van der Waals surface area contributed by atoms with Crippen molar-refractivity contribution in [2.24, 2.45) is 5.92 Å². The summed E-state index contributed by atoms with van der Waals surface area (Å²) in [7, 11) is 0. The molecule has 1 unspecified atom stereocenters. The lowest BCUT2D eigenvalue weighted by Crippen LogP contribution is -2.50. The van der Waals surface area contributed by atoms with Crippen molar-refractivity contribution < 1.29 is 4.79 Å². The van der Waals surface area contributed by atoms with E-state index in [9.17, 15) is 4.79 Å². The van der Waals surface area contributed by atoms with Crippen LogP contribution in [-0.4, -0.2) is 29.3 Å². The van der Waals surface area contributed by atoms with Crippen molar-refractivity contribution in [3.8, 4) is 0 Å². The van der Waals surface area contributed by atoms with Gasteiger partial charge in [0, 0.05) is 24.9 Å². The number of carbonyl (C=O) groups is 1. The number of Topliss-reactive ketones (excluding diaryl/α,β-unsaturated/α-hetero) is 1. The lowest BCUT2D eigenvalue weighted by molar-refractivity contribution is -0.123. The molecular formula is C18H33NO. The van der Waals surface area contributed by atoms with Gasteiger partial charge in [-0.15, -0.1) is 13.2 Å². The Balaban J connectivity index is 0.000000956. The Morgan fingerprint density at radius 2 is 1.90 bits per heavy atom. The van der Waals surface area contributed by atoms with E-state index in [1.807, 2.05) is 0 Å². The van der Waals surface area contributed by atoms with E-state index in [0.717, 1.165) is 31.6 Å². The molecule has 0 aromatic heterocycles. The number of nitrogens with zero attached hydrogens (tertiary/aromatic N) is 1. The molecule has 2 nitrogen and oxygen atoms in total. The van der Waals surface area contributed by atoms with Crippen molar-refractivity contribution >= 4 is 5.78 Å². The maximum Gasteiger partial charge on any atom is 0.133 e. The van der Waals surface area contributed by atoms with Gasteiger partial charge in [-0.2, -0.15) is 0 Å². The van der Waals surface area contributed by atoms with Crippen LogP contribution in [0.3, 0.4) is 0 Å². The third-order valence-corrected chi connectivity index (χ3v) is 5.08. The normalized spacial score (nSPS) is 26.1. The first kappa shape index (κ1) is 17.4. The number of ketones is 1. The molecule has 0 N–H and O–H groups in total. The number of carbonyl (C=O) groups excluding carboxylic acids is 1. The molecule has 1 aliphatic heterocycles. The summed E-state index contributed by atoms with van der Waals surface area (Å²) in [5.41, 5.74) is 0.383. The number of likely N-dealkylation sites (tertiary alicyclic amines) is 1. The van der Waals surface area contributed by atoms with Crippen LogP contribution in [0, 0.1) is 5.92 Å². The van der Waals surface area contributed by atoms with Crippen LogP contribution in [0.5, 0.6) is 0 Å². The maximum atomic E-state index is 11.5. The zero-order valence-corrected chi connectivity index (χ0v) is 13.6. The molecule has 116 valence electrons. The minimum atomic E-state index is 0.383. The fraction of sp³-hybridized carbons (Fsp3) is 0.833. The van der Waals surface area contributed by atoms with Crippen molar-refractivity contribution in [1.82, 2.24) is 4.90 Å². The van der Waals surface area contributed by atoms with Crippen LogP contribution in [0.4, 0.5) is 0 Å². The highest BCUT2D eigenvalue weighted by molar-refractivity contribution is 5.79. The Bertz CT molecular complexity index is 290. The molecule has 0 amide bonds. The Hall–Kier alpha value is -0.630. The van der Waals surface area contributed by atoms with Gasteiger partial charge in [0.1, 0.15) is 5.78 Å². The van der Waals surface area contributed by atoms with Gasteiger partial charge in [0.25, 0.3) is 0 Å². The topological polar surface area (TPSA) is 20.3 Å². The lowest BCUT2D eigenvalue weighted by atomic mass is 9.76. The first-order valence-electron chi connectivity index (χ1n) is 8.43. The molecule has 2 rings (SSSR count). The third-order valence-electron chi connectivity index (χ3n) is 5.08. The molecule has 2 heteroatoms. The molecule has 1 saturated heterocycles. The summed E-state index contributed by atoms with van der Waals surface area (Å²) < 4.78 is 0. The summed E-state index contributed by atoms with van der Waals surface area (Å²) in [5.74, 6) is 1.35. The molecule has 20 heavy (non-hydrogen) atoms. The molecule has 0 bridgehead atoms. The van der Waals surface area contributed by atoms with E-state index in [2.05, 4.69) is 31.9 Å². The van der Waals surface area contributed by atoms with Gasteiger partial charge in [0.05, 0.1) is 0 Å². The van der Waals surface area contributed by atoms with Crippen LogP contribution in [0.25, 0.3) is 0 Å². The highest BCUT2D eigenvalue weighted by Crippen LogP contribution is 2.39. The van der Waals surface area contributed by atoms with Gasteiger partial charge in [0.15, 0.2) is 0 Å². The second kappa shape index (κ2) is 8.61. The van der Waals surface area contributed by atoms with E-state index in [-0.39, 0.29) is 0 Å². The van der Waals surface area contributed by atoms with Crippen molar-refractivity contribution in [3.63, 3.8) is 0 Å². The molecule has 0 aromatic carbocycles. The molecular weight excluding hydrogens is 246 g/mol. The molecule has 0 radical (unpaired) electrons. The van der Waals surface area contributed by atoms with Gasteiger partial charge < -0.3 is 0 Å². The Labute approximate surface area is 125 Å². The largest absolute Gasteiger partial charge is 0.300 e. The van der Waals surface area contributed by atoms with Crippen molar-refractivity contribution in [2.45, 2.75) is 77.2 Å². The smallest absolute Gasteiger partial charge is 0.133 e. The zero-order valence-electron chi connectivity index (χ0n) is 13.6. The van der Waals surface area contributed by atoms with E-state index in [1.54, 1.807) is 0 Å². The minimum absolute atomic E-state index is 0.383. The van der Waals surface area contributed by atoms with Crippen LogP contribution >= 0.6 is 0 Å². The second-order valence-electron chi connectivity index (χ2n) is 6.56. The minimum Gasteiger partial charge on any atom is -0.300 e. The molecule has 1 atom stereocenters. The zero-order chi connectivity index (χ0) is 15.0. The summed E-state index contributed by atoms with van der Waals surface area (Å²) in [5, 5.41) is 0. The summed E-state index contributed by atoms with van der Waals surface area (Å²) >= 11 is 0. The van der Waals surface area contributed by atoms with Gasteiger partial charge in [0.2, 0.25) is 0 Å². The molecule has 1 heterocycles. The van der Waals surface area contributed by atoms with Crippen molar-refractivity contribution in [3.05, 3.63) is 13.2 Å². The van der Waals surface area contributed by atoms with Crippen LogP contribution in [0.15, 0.2) is 13.2 Å². The van der Waals surface area contributed by atoms with E-state index in [4.69, 9.17) is 0 Å². The maximum absolute atomic E-state index is 11.5. The summed E-state index contributed by atoms with van der Waals surface area (Å²) in [6, 6.07) is 0. The molecule has 2 fully saturated rings. The fourth-order valence-corrected chi connectivity index (χ4v) is 3.79. The highest BCUT2D eigenvalue weighted by atomic mass is 16.1. The van der Waals surface area contributed by atoms with Crippen LogP contribution < -0.4 is 0 Å². The second-order valence-corrected chi connectivity index (χ2v) is 6.56. The first-order chi connectivity index (χ1) is 9.66. The molecule has 0 spiro atoms. The molecule has 1 saturated carbocycles.